The largest absolute Gasteiger partial charge is 0.422 e. The minimum Gasteiger partial charge on any atom is -0.422 e. The van der Waals surface area contributed by atoms with Crippen LogP contribution in [0.1, 0.15) is 36.6 Å². The van der Waals surface area contributed by atoms with E-state index in [1.54, 1.807) is 84.9 Å². The summed E-state index contributed by atoms with van der Waals surface area (Å²) < 4.78 is 5.47. The number of benzene rings is 4. The number of ether oxygens (including phenoxy) is 1. The zero-order valence-electron chi connectivity index (χ0n) is 19.5. The molecule has 0 saturated heterocycles. The lowest BCUT2D eigenvalue weighted by atomic mass is 10.1. The molecule has 2 amide bonds. The molecule has 0 fully saturated rings. The first kappa shape index (κ1) is 26.9. The van der Waals surface area contributed by atoms with Gasteiger partial charge in [-0.25, -0.2) is 10.2 Å². The van der Waals surface area contributed by atoms with Gasteiger partial charge in [-0.15, -0.1) is 0 Å². The molecule has 0 aromatic heterocycles. The average molecular weight is 567 g/mol. The molecule has 2 N–H and O–H groups in total. The third-order valence-electron chi connectivity index (χ3n) is 5.14. The molecule has 190 valence electrons. The van der Waals surface area contributed by atoms with E-state index in [9.17, 15) is 14.4 Å². The second-order valence-corrected chi connectivity index (χ2v) is 9.13. The molecule has 0 atom stereocenters. The van der Waals surface area contributed by atoms with E-state index in [1.165, 1.54) is 12.3 Å². The molecule has 0 bridgehead atoms. The summed E-state index contributed by atoms with van der Waals surface area (Å²) in [5, 5.41) is 8.12. The number of rotatable bonds is 7. The maximum absolute atomic E-state index is 12.5. The van der Waals surface area contributed by atoms with Gasteiger partial charge in [-0.1, -0.05) is 34.8 Å². The third-order valence-corrected chi connectivity index (χ3v) is 5.87. The fourth-order valence-corrected chi connectivity index (χ4v) is 3.62. The van der Waals surface area contributed by atoms with Gasteiger partial charge in [0.05, 0.1) is 11.8 Å². The maximum atomic E-state index is 12.5. The smallest absolute Gasteiger partial charge is 0.343 e. The molecule has 38 heavy (non-hydrogen) atoms. The highest BCUT2D eigenvalue weighted by atomic mass is 35.5. The minimum absolute atomic E-state index is 0.202. The van der Waals surface area contributed by atoms with Gasteiger partial charge >= 0.3 is 5.97 Å². The second-order valence-electron chi connectivity index (χ2n) is 7.82. The first-order valence-corrected chi connectivity index (χ1v) is 12.2. The van der Waals surface area contributed by atoms with Crippen LogP contribution in [0.4, 0.5) is 5.69 Å². The monoisotopic (exact) mass is 565 g/mol. The molecule has 0 saturated carbocycles. The Hall–Kier alpha value is -4.17. The minimum atomic E-state index is -0.592. The molecule has 4 aromatic carbocycles. The Balaban J connectivity index is 1.38. The van der Waals surface area contributed by atoms with Crippen LogP contribution in [0.3, 0.4) is 0 Å². The Morgan fingerprint density at radius 1 is 0.658 bits per heavy atom. The van der Waals surface area contributed by atoms with Crippen LogP contribution in [0.5, 0.6) is 5.75 Å². The van der Waals surface area contributed by atoms with Gasteiger partial charge in [-0.3, -0.25) is 9.59 Å². The van der Waals surface area contributed by atoms with Crippen molar-refractivity contribution >= 4 is 64.5 Å². The van der Waals surface area contributed by atoms with Crippen molar-refractivity contribution in [3.63, 3.8) is 0 Å². The van der Waals surface area contributed by atoms with Gasteiger partial charge in [0.2, 0.25) is 0 Å². The first-order chi connectivity index (χ1) is 18.3. The quantitative estimate of drug-likeness (QED) is 0.110. The number of hydrogen-bond acceptors (Lipinski definition) is 5. The molecule has 0 unspecified atom stereocenters. The Morgan fingerprint density at radius 3 is 1.82 bits per heavy atom. The molecular weight excluding hydrogens is 549 g/mol. The first-order valence-electron chi connectivity index (χ1n) is 11.1. The van der Waals surface area contributed by atoms with Crippen LogP contribution in [-0.2, 0) is 0 Å². The Morgan fingerprint density at radius 2 is 1.18 bits per heavy atom. The highest BCUT2D eigenvalue weighted by Crippen LogP contribution is 2.23. The van der Waals surface area contributed by atoms with Crippen molar-refractivity contribution in [2.45, 2.75) is 0 Å². The summed E-state index contributed by atoms with van der Waals surface area (Å²) in [5.74, 6) is -1.19. The number of nitrogens with zero attached hydrogens (tertiary/aromatic N) is 1. The van der Waals surface area contributed by atoms with Gasteiger partial charge in [0.25, 0.3) is 11.8 Å². The van der Waals surface area contributed by atoms with Crippen molar-refractivity contribution in [1.29, 1.82) is 0 Å². The molecular formula is C28H18Cl3N3O4. The maximum Gasteiger partial charge on any atom is 0.343 e. The number of esters is 1. The second kappa shape index (κ2) is 12.4. The highest BCUT2D eigenvalue weighted by Gasteiger charge is 2.12. The number of halogens is 3. The lowest BCUT2D eigenvalue weighted by molar-refractivity contribution is 0.0734. The summed E-state index contributed by atoms with van der Waals surface area (Å²) in [5.41, 5.74) is 4.37. The van der Waals surface area contributed by atoms with E-state index in [2.05, 4.69) is 15.8 Å². The topological polar surface area (TPSA) is 96.9 Å². The van der Waals surface area contributed by atoms with E-state index < -0.39 is 11.9 Å². The number of hydrazone groups is 1. The van der Waals surface area contributed by atoms with Crippen molar-refractivity contribution in [3.05, 3.63) is 128 Å². The van der Waals surface area contributed by atoms with Crippen LogP contribution in [0.25, 0.3) is 0 Å². The molecule has 7 nitrogen and oxygen atoms in total. The third kappa shape index (κ3) is 7.20. The Labute approximate surface area is 233 Å². The molecule has 4 aromatic rings. The Kier molecular flexibility index (Phi) is 8.76. The highest BCUT2D eigenvalue weighted by molar-refractivity contribution is 6.31. The zero-order chi connectivity index (χ0) is 27.1. The summed E-state index contributed by atoms with van der Waals surface area (Å²) in [6, 6.07) is 23.6. The molecule has 0 aliphatic rings. The van der Waals surface area contributed by atoms with E-state index in [1.807, 2.05) is 0 Å². The van der Waals surface area contributed by atoms with Gasteiger partial charge in [0.15, 0.2) is 0 Å². The van der Waals surface area contributed by atoms with Crippen molar-refractivity contribution < 1.29 is 19.1 Å². The van der Waals surface area contributed by atoms with E-state index in [0.29, 0.717) is 43.0 Å². The lowest BCUT2D eigenvalue weighted by Crippen LogP contribution is -2.18. The number of anilines is 1. The van der Waals surface area contributed by atoms with Crippen molar-refractivity contribution in [2.24, 2.45) is 5.10 Å². The predicted octanol–water partition coefficient (Wildman–Crippen LogP) is 6.88. The summed E-state index contributed by atoms with van der Waals surface area (Å²) >= 11 is 17.8. The van der Waals surface area contributed by atoms with Gasteiger partial charge in [0, 0.05) is 37.4 Å². The molecule has 0 aliphatic heterocycles. The van der Waals surface area contributed by atoms with Gasteiger partial charge < -0.3 is 10.1 Å². The average Bonchev–Trinajstić information content (AvgIpc) is 2.91. The van der Waals surface area contributed by atoms with Gasteiger partial charge in [0.1, 0.15) is 5.75 Å². The van der Waals surface area contributed by atoms with Crippen LogP contribution in [0.15, 0.2) is 96.1 Å². The number of nitrogens with one attached hydrogen (secondary N) is 2. The van der Waals surface area contributed by atoms with Crippen LogP contribution < -0.4 is 15.5 Å². The fraction of sp³-hybridized carbons (Fsp3) is 0. The molecule has 10 heteroatoms. The molecule has 4 rings (SSSR count). The summed E-state index contributed by atoms with van der Waals surface area (Å²) in [6.07, 6.45) is 1.31. The number of amides is 2. The van der Waals surface area contributed by atoms with E-state index in [4.69, 9.17) is 39.5 Å². The SMILES string of the molecule is O=C(N/N=C/c1cc(Cl)ccc1OC(=O)c1ccc(Cl)cc1)c1ccc(NC(=O)c2ccc(Cl)cc2)cc1. The standard InChI is InChI=1S/C28H18Cl3N3O4/c29-21-7-1-17(2-8-21)26(35)33-24-12-5-18(6-13-24)27(36)34-32-16-20-15-23(31)11-14-25(20)38-28(37)19-3-9-22(30)10-4-19/h1-16H,(H,33,35)(H,34,36)/b32-16+. The van der Waals surface area contributed by atoms with Crippen molar-refractivity contribution in [2.75, 3.05) is 5.32 Å². The lowest BCUT2D eigenvalue weighted by Gasteiger charge is -2.08. The van der Waals surface area contributed by atoms with Gasteiger partial charge in [-0.2, -0.15) is 5.10 Å². The van der Waals surface area contributed by atoms with E-state index in [-0.39, 0.29) is 11.7 Å². The van der Waals surface area contributed by atoms with Crippen molar-refractivity contribution in [3.8, 4) is 5.75 Å². The molecule has 0 radical (unpaired) electrons. The number of carbonyl (C=O) groups is 3. The van der Waals surface area contributed by atoms with Crippen molar-refractivity contribution in [1.82, 2.24) is 5.43 Å². The van der Waals surface area contributed by atoms with E-state index >= 15 is 0 Å². The van der Waals surface area contributed by atoms with Crippen LogP contribution >= 0.6 is 34.8 Å². The van der Waals surface area contributed by atoms with Crippen LogP contribution in [0.2, 0.25) is 15.1 Å². The molecule has 0 heterocycles. The van der Waals surface area contributed by atoms with Gasteiger partial charge in [-0.05, 0) is 91.0 Å². The summed E-state index contributed by atoms with van der Waals surface area (Å²) in [7, 11) is 0. The molecule has 0 aliphatic carbocycles. The molecule has 0 spiro atoms. The fourth-order valence-electron chi connectivity index (χ4n) is 3.19. The summed E-state index contributed by atoms with van der Waals surface area (Å²) in [4.78, 5) is 37.3. The predicted molar refractivity (Wildman–Crippen MR) is 149 cm³/mol. The number of hydrogen-bond donors (Lipinski definition) is 2. The Bertz CT molecular complexity index is 1500. The normalized spacial score (nSPS) is 10.7. The van der Waals surface area contributed by atoms with E-state index in [0.717, 1.165) is 0 Å². The summed E-state index contributed by atoms with van der Waals surface area (Å²) in [6.45, 7) is 0. The number of carbonyl (C=O) groups excluding carboxylic acids is 3. The zero-order valence-corrected chi connectivity index (χ0v) is 21.7. The van der Waals surface area contributed by atoms with Crippen LogP contribution in [0, 0.1) is 0 Å². The van der Waals surface area contributed by atoms with Crippen LogP contribution in [-0.4, -0.2) is 24.0 Å².